The van der Waals surface area contributed by atoms with Crippen LogP contribution in [-0.4, -0.2) is 30.0 Å². The summed E-state index contributed by atoms with van der Waals surface area (Å²) in [6, 6.07) is 3.24. The number of nitrogens with zero attached hydrogens (tertiary/aromatic N) is 2. The van der Waals surface area contributed by atoms with Gasteiger partial charge < -0.3 is 10.2 Å². The van der Waals surface area contributed by atoms with Gasteiger partial charge in [-0.1, -0.05) is 25.4 Å². The van der Waals surface area contributed by atoms with Crippen molar-refractivity contribution >= 4 is 28.9 Å². The molecule has 7 heteroatoms. The predicted octanol–water partition coefficient (Wildman–Crippen LogP) is 3.30. The number of rotatable bonds is 4. The molecule has 0 bridgehead atoms. The summed E-state index contributed by atoms with van der Waals surface area (Å²) >= 11 is 6.25. The number of amides is 1. The Balaban J connectivity index is 2.17. The van der Waals surface area contributed by atoms with Gasteiger partial charge in [0, 0.05) is 36.7 Å². The number of hydrogen-bond acceptors (Lipinski definition) is 4. The molecule has 23 heavy (non-hydrogen) atoms. The Hall–Kier alpha value is -1.82. The fourth-order valence-corrected chi connectivity index (χ4v) is 3.05. The molecule has 6 nitrogen and oxygen atoms in total. The van der Waals surface area contributed by atoms with Crippen LogP contribution in [0.3, 0.4) is 0 Å². The molecule has 1 aromatic rings. The molecule has 1 aliphatic heterocycles. The van der Waals surface area contributed by atoms with E-state index in [1.807, 2.05) is 13.8 Å². The predicted molar refractivity (Wildman–Crippen MR) is 91.1 cm³/mol. The van der Waals surface area contributed by atoms with E-state index < -0.39 is 4.92 Å². The molecule has 126 valence electrons. The van der Waals surface area contributed by atoms with Crippen molar-refractivity contribution in [1.29, 1.82) is 0 Å². The summed E-state index contributed by atoms with van der Waals surface area (Å²) in [5, 5.41) is 14.4. The third-order valence-electron chi connectivity index (χ3n) is 4.09. The van der Waals surface area contributed by atoms with E-state index in [0.29, 0.717) is 17.1 Å². The fraction of sp³-hybridized carbons (Fsp3) is 0.562. The topological polar surface area (TPSA) is 75.5 Å². The number of nitro groups is 1. The molecular weight excluding hydrogens is 318 g/mol. The van der Waals surface area contributed by atoms with Crippen LogP contribution < -0.4 is 10.2 Å². The standard InChI is InChI=1S/C16H22ClN3O3/c1-10(2)16(21)18-12-5-4-6-19(9-12)15-7-11(3)14(20(22)23)8-13(15)17/h7-8,10,12H,4-6,9H2,1-3H3,(H,18,21). The van der Waals surface area contributed by atoms with E-state index in [0.717, 1.165) is 25.1 Å². The van der Waals surface area contributed by atoms with Crippen molar-refractivity contribution in [2.75, 3.05) is 18.0 Å². The average molecular weight is 340 g/mol. The molecule has 0 spiro atoms. The first-order chi connectivity index (χ1) is 10.8. The smallest absolute Gasteiger partial charge is 0.273 e. The van der Waals surface area contributed by atoms with Gasteiger partial charge in [-0.05, 0) is 25.8 Å². The molecule has 1 aromatic carbocycles. The van der Waals surface area contributed by atoms with Crippen LogP contribution in [0.5, 0.6) is 0 Å². The molecule has 1 unspecified atom stereocenters. The zero-order valence-electron chi connectivity index (χ0n) is 13.6. The molecule has 1 amide bonds. The van der Waals surface area contributed by atoms with Gasteiger partial charge in [0.05, 0.1) is 15.6 Å². The van der Waals surface area contributed by atoms with E-state index in [4.69, 9.17) is 11.6 Å². The molecule has 0 aromatic heterocycles. The Morgan fingerprint density at radius 3 is 2.78 bits per heavy atom. The number of carbonyl (C=O) groups excluding carboxylic acids is 1. The van der Waals surface area contributed by atoms with Crippen molar-refractivity contribution in [1.82, 2.24) is 5.32 Å². The van der Waals surface area contributed by atoms with Crippen molar-refractivity contribution in [3.63, 3.8) is 0 Å². The Labute approximate surface area is 141 Å². The maximum atomic E-state index is 11.9. The highest BCUT2D eigenvalue weighted by atomic mass is 35.5. The van der Waals surface area contributed by atoms with Gasteiger partial charge in [-0.3, -0.25) is 14.9 Å². The van der Waals surface area contributed by atoms with E-state index in [1.165, 1.54) is 6.07 Å². The quantitative estimate of drug-likeness (QED) is 0.674. The lowest BCUT2D eigenvalue weighted by Crippen LogP contribution is -2.48. The molecule has 1 saturated heterocycles. The number of nitrogens with one attached hydrogen (secondary N) is 1. The molecule has 1 aliphatic rings. The Morgan fingerprint density at radius 1 is 1.48 bits per heavy atom. The van der Waals surface area contributed by atoms with Crippen LogP contribution in [0.25, 0.3) is 0 Å². The van der Waals surface area contributed by atoms with E-state index >= 15 is 0 Å². The number of carbonyl (C=O) groups is 1. The minimum Gasteiger partial charge on any atom is -0.368 e. The minimum atomic E-state index is -0.424. The van der Waals surface area contributed by atoms with E-state index in [2.05, 4.69) is 10.2 Å². The lowest BCUT2D eigenvalue weighted by atomic mass is 10.0. The van der Waals surface area contributed by atoms with Crippen LogP contribution >= 0.6 is 11.6 Å². The summed E-state index contributed by atoms with van der Waals surface area (Å²) < 4.78 is 0. The highest BCUT2D eigenvalue weighted by Gasteiger charge is 2.25. The van der Waals surface area contributed by atoms with E-state index in [1.54, 1.807) is 13.0 Å². The molecule has 2 rings (SSSR count). The van der Waals surface area contributed by atoms with Crippen molar-refractivity contribution < 1.29 is 9.72 Å². The van der Waals surface area contributed by atoms with Gasteiger partial charge in [0.25, 0.3) is 5.69 Å². The summed E-state index contributed by atoms with van der Waals surface area (Å²) in [5.41, 5.74) is 1.40. The lowest BCUT2D eigenvalue weighted by Gasteiger charge is -2.35. The van der Waals surface area contributed by atoms with Crippen LogP contribution in [0.1, 0.15) is 32.3 Å². The average Bonchev–Trinajstić information content (AvgIpc) is 2.49. The Kier molecular flexibility index (Phi) is 5.46. The highest BCUT2D eigenvalue weighted by molar-refractivity contribution is 6.33. The van der Waals surface area contributed by atoms with Gasteiger partial charge >= 0.3 is 0 Å². The van der Waals surface area contributed by atoms with Gasteiger partial charge in [0.15, 0.2) is 0 Å². The zero-order valence-corrected chi connectivity index (χ0v) is 14.4. The van der Waals surface area contributed by atoms with Gasteiger partial charge in [-0.2, -0.15) is 0 Å². The van der Waals surface area contributed by atoms with Crippen molar-refractivity contribution in [3.05, 3.63) is 32.8 Å². The SMILES string of the molecule is Cc1cc(N2CCCC(NC(=O)C(C)C)C2)c(Cl)cc1[N+](=O)[O-]. The lowest BCUT2D eigenvalue weighted by molar-refractivity contribution is -0.385. The first-order valence-electron chi connectivity index (χ1n) is 7.79. The van der Waals surface area contributed by atoms with Gasteiger partial charge in [-0.15, -0.1) is 0 Å². The van der Waals surface area contributed by atoms with E-state index in [9.17, 15) is 14.9 Å². The molecule has 0 saturated carbocycles. The Bertz CT molecular complexity index is 619. The second-order valence-corrected chi connectivity index (χ2v) is 6.70. The van der Waals surface area contributed by atoms with Gasteiger partial charge in [0.2, 0.25) is 5.91 Å². The largest absolute Gasteiger partial charge is 0.368 e. The van der Waals surface area contributed by atoms with E-state index in [-0.39, 0.29) is 23.6 Å². The first-order valence-corrected chi connectivity index (χ1v) is 8.17. The number of halogens is 1. The van der Waals surface area contributed by atoms with Gasteiger partial charge in [0.1, 0.15) is 0 Å². The number of anilines is 1. The minimum absolute atomic E-state index is 0.0282. The molecule has 1 atom stereocenters. The van der Waals surface area contributed by atoms with Crippen molar-refractivity contribution in [2.45, 2.75) is 39.7 Å². The second-order valence-electron chi connectivity index (χ2n) is 6.30. The van der Waals surface area contributed by atoms with Crippen LogP contribution in [-0.2, 0) is 4.79 Å². The van der Waals surface area contributed by atoms with Crippen LogP contribution in [0.2, 0.25) is 5.02 Å². The summed E-state index contributed by atoms with van der Waals surface area (Å²) in [5.74, 6) is -0.00147. The fourth-order valence-electron chi connectivity index (χ4n) is 2.78. The summed E-state index contributed by atoms with van der Waals surface area (Å²) in [6.45, 7) is 6.93. The van der Waals surface area contributed by atoms with Crippen LogP contribution in [0, 0.1) is 23.0 Å². The molecule has 0 radical (unpaired) electrons. The number of aryl methyl sites for hydroxylation is 1. The maximum absolute atomic E-state index is 11.9. The molecular formula is C16H22ClN3O3. The number of nitro benzene ring substituents is 1. The normalized spacial score (nSPS) is 18.1. The maximum Gasteiger partial charge on any atom is 0.273 e. The molecule has 0 aliphatic carbocycles. The van der Waals surface area contributed by atoms with Crippen LogP contribution in [0.15, 0.2) is 12.1 Å². The van der Waals surface area contributed by atoms with Crippen LogP contribution in [0.4, 0.5) is 11.4 Å². The number of hydrogen-bond donors (Lipinski definition) is 1. The highest BCUT2D eigenvalue weighted by Crippen LogP contribution is 2.34. The first kappa shape index (κ1) is 17.5. The third-order valence-corrected chi connectivity index (χ3v) is 4.40. The number of piperidine rings is 1. The Morgan fingerprint density at radius 2 is 2.17 bits per heavy atom. The monoisotopic (exact) mass is 339 g/mol. The zero-order chi connectivity index (χ0) is 17.1. The summed E-state index contributed by atoms with van der Waals surface area (Å²) in [7, 11) is 0. The third kappa shape index (κ3) is 4.13. The molecule has 1 fully saturated rings. The molecule has 1 heterocycles. The number of benzene rings is 1. The summed E-state index contributed by atoms with van der Waals surface area (Å²) in [4.78, 5) is 24.5. The van der Waals surface area contributed by atoms with Gasteiger partial charge in [-0.25, -0.2) is 0 Å². The van der Waals surface area contributed by atoms with Crippen molar-refractivity contribution in [3.8, 4) is 0 Å². The molecule has 1 N–H and O–H groups in total. The second kappa shape index (κ2) is 7.17. The summed E-state index contributed by atoms with van der Waals surface area (Å²) in [6.07, 6.45) is 1.87. The van der Waals surface area contributed by atoms with Crippen molar-refractivity contribution in [2.24, 2.45) is 5.92 Å².